The number of hydrogen-bond acceptors (Lipinski definition) is 1. The van der Waals surface area contributed by atoms with E-state index in [0.29, 0.717) is 16.5 Å². The van der Waals surface area contributed by atoms with Crippen LogP contribution in [0.25, 0.3) is 0 Å². The van der Waals surface area contributed by atoms with Gasteiger partial charge in [0.05, 0.1) is 5.02 Å². The number of halogens is 3. The molecule has 0 aliphatic heterocycles. The predicted molar refractivity (Wildman–Crippen MR) is 83.7 cm³/mol. The van der Waals surface area contributed by atoms with Crippen LogP contribution in [-0.4, -0.2) is 17.3 Å². The van der Waals surface area contributed by atoms with Crippen LogP contribution in [0.15, 0.2) is 22.7 Å². The van der Waals surface area contributed by atoms with Gasteiger partial charge in [0.15, 0.2) is 0 Å². The maximum atomic E-state index is 12.1. The zero-order chi connectivity index (χ0) is 13.7. The van der Waals surface area contributed by atoms with Crippen LogP contribution in [0.5, 0.6) is 0 Å². The van der Waals surface area contributed by atoms with Crippen molar-refractivity contribution in [3.63, 3.8) is 0 Å². The molecule has 0 spiro atoms. The van der Waals surface area contributed by atoms with Gasteiger partial charge in [0, 0.05) is 21.4 Å². The van der Waals surface area contributed by atoms with E-state index in [1.165, 1.54) is 0 Å². The van der Waals surface area contributed by atoms with Gasteiger partial charge < -0.3 is 5.32 Å². The van der Waals surface area contributed by atoms with Gasteiger partial charge in [-0.2, -0.15) is 0 Å². The molecule has 2 nitrogen and oxygen atoms in total. The van der Waals surface area contributed by atoms with E-state index in [1.54, 1.807) is 18.2 Å². The monoisotopic (exact) mass is 395 g/mol. The largest absolute Gasteiger partial charge is 0.349 e. The highest BCUT2D eigenvalue weighted by molar-refractivity contribution is 9.10. The van der Waals surface area contributed by atoms with Crippen LogP contribution in [-0.2, 0) is 0 Å². The summed E-state index contributed by atoms with van der Waals surface area (Å²) in [6.45, 7) is 4.21. The smallest absolute Gasteiger partial charge is 0.251 e. The maximum absolute atomic E-state index is 12.1. The molecule has 1 aromatic carbocycles. The number of amides is 1. The van der Waals surface area contributed by atoms with Crippen LogP contribution in [0.3, 0.4) is 0 Å². The second-order valence-corrected chi connectivity index (χ2v) is 6.49. The lowest BCUT2D eigenvalue weighted by molar-refractivity contribution is 0.0925. The molecule has 0 aliphatic rings. The molecule has 0 fully saturated rings. The van der Waals surface area contributed by atoms with Gasteiger partial charge in [-0.15, -0.1) is 0 Å². The Morgan fingerprint density at radius 3 is 2.61 bits per heavy atom. The van der Waals surface area contributed by atoms with Gasteiger partial charge in [-0.05, 0) is 46.5 Å². The van der Waals surface area contributed by atoms with Crippen LogP contribution >= 0.6 is 43.5 Å². The average Bonchev–Trinajstić information content (AvgIpc) is 2.31. The van der Waals surface area contributed by atoms with Crippen molar-refractivity contribution >= 4 is 49.4 Å². The molecule has 0 heterocycles. The molecule has 1 amide bonds. The Morgan fingerprint density at radius 1 is 1.44 bits per heavy atom. The minimum absolute atomic E-state index is 0.0629. The van der Waals surface area contributed by atoms with Gasteiger partial charge in [-0.3, -0.25) is 4.79 Å². The summed E-state index contributed by atoms with van der Waals surface area (Å²) in [6, 6.07) is 5.36. The highest BCUT2D eigenvalue weighted by atomic mass is 79.9. The molecule has 0 saturated carbocycles. The topological polar surface area (TPSA) is 29.1 Å². The van der Waals surface area contributed by atoms with E-state index in [1.807, 2.05) is 0 Å². The average molecular weight is 398 g/mol. The molecule has 1 aromatic rings. The lowest BCUT2D eigenvalue weighted by atomic mass is 10.0. The molecule has 0 saturated heterocycles. The third-order valence-corrected chi connectivity index (χ3v) is 4.39. The van der Waals surface area contributed by atoms with Gasteiger partial charge in [-0.1, -0.05) is 41.4 Å². The van der Waals surface area contributed by atoms with Gasteiger partial charge in [-0.25, -0.2) is 0 Å². The molecule has 1 rings (SSSR count). The summed E-state index contributed by atoms with van der Waals surface area (Å²) in [7, 11) is 0. The van der Waals surface area contributed by atoms with E-state index < -0.39 is 0 Å². The van der Waals surface area contributed by atoms with Crippen LogP contribution in [0, 0.1) is 5.92 Å². The Hall–Kier alpha value is -0.0600. The molecule has 0 aromatic heterocycles. The summed E-state index contributed by atoms with van der Waals surface area (Å²) < 4.78 is 0.735. The van der Waals surface area contributed by atoms with E-state index in [9.17, 15) is 4.79 Å². The minimum atomic E-state index is -0.0629. The zero-order valence-electron chi connectivity index (χ0n) is 10.3. The molecule has 1 unspecified atom stereocenters. The molecule has 18 heavy (non-hydrogen) atoms. The van der Waals surface area contributed by atoms with Crippen LogP contribution in [0.1, 0.15) is 30.6 Å². The van der Waals surface area contributed by atoms with Crippen molar-refractivity contribution in [1.82, 2.24) is 5.32 Å². The van der Waals surface area contributed by atoms with Crippen molar-refractivity contribution in [2.24, 2.45) is 5.92 Å². The number of alkyl halides is 1. The van der Waals surface area contributed by atoms with Crippen molar-refractivity contribution in [3.8, 4) is 0 Å². The van der Waals surface area contributed by atoms with Crippen LogP contribution < -0.4 is 5.32 Å². The molecule has 5 heteroatoms. The Morgan fingerprint density at radius 2 is 2.11 bits per heavy atom. The van der Waals surface area contributed by atoms with Crippen molar-refractivity contribution in [2.45, 2.75) is 26.3 Å². The highest BCUT2D eigenvalue weighted by Crippen LogP contribution is 2.23. The van der Waals surface area contributed by atoms with Gasteiger partial charge in [0.25, 0.3) is 5.91 Å². The first-order chi connectivity index (χ1) is 8.45. The first kappa shape index (κ1) is 16.0. The quantitative estimate of drug-likeness (QED) is 0.721. The number of nitrogens with one attached hydrogen (secondary N) is 1. The van der Waals surface area contributed by atoms with E-state index in [0.717, 1.165) is 16.2 Å². The molecular weight excluding hydrogens is 381 g/mol. The lowest BCUT2D eigenvalue weighted by Crippen LogP contribution is -2.38. The third kappa shape index (κ3) is 4.56. The fourth-order valence-corrected chi connectivity index (χ4v) is 2.57. The first-order valence-corrected chi connectivity index (χ1v) is 8.06. The minimum Gasteiger partial charge on any atom is -0.349 e. The van der Waals surface area contributed by atoms with Gasteiger partial charge in [0.2, 0.25) is 0 Å². The standard InChI is InChI=1S/C13H16Br2ClNO/c1-8(2)12(5-6-14)17-13(18)9-3-4-11(16)10(15)7-9/h3-4,7-8,12H,5-6H2,1-2H3,(H,17,18). The van der Waals surface area contributed by atoms with E-state index in [2.05, 4.69) is 51.0 Å². The Kier molecular flexibility index (Phi) is 6.67. The summed E-state index contributed by atoms with van der Waals surface area (Å²) in [4.78, 5) is 12.1. The zero-order valence-corrected chi connectivity index (χ0v) is 14.3. The van der Waals surface area contributed by atoms with Crippen molar-refractivity contribution in [1.29, 1.82) is 0 Å². The summed E-state index contributed by atoms with van der Waals surface area (Å²) in [5.41, 5.74) is 0.617. The predicted octanol–water partition coefficient (Wildman–Crippen LogP) is 4.64. The number of carbonyl (C=O) groups excluding carboxylic acids is 1. The van der Waals surface area contributed by atoms with Gasteiger partial charge in [0.1, 0.15) is 0 Å². The second kappa shape index (κ2) is 7.51. The summed E-state index contributed by atoms with van der Waals surface area (Å²) in [5, 5.41) is 4.53. The van der Waals surface area contributed by atoms with Gasteiger partial charge >= 0.3 is 0 Å². The number of carbonyl (C=O) groups is 1. The SMILES string of the molecule is CC(C)C(CCBr)NC(=O)c1ccc(Cl)c(Br)c1. The second-order valence-electron chi connectivity index (χ2n) is 4.43. The number of benzene rings is 1. The molecule has 100 valence electrons. The molecule has 1 atom stereocenters. The fourth-order valence-electron chi connectivity index (χ4n) is 1.58. The van der Waals surface area contributed by atoms with E-state index in [4.69, 9.17) is 11.6 Å². The Bertz CT molecular complexity index is 423. The lowest BCUT2D eigenvalue weighted by Gasteiger charge is -2.21. The highest BCUT2D eigenvalue weighted by Gasteiger charge is 2.16. The fraction of sp³-hybridized carbons (Fsp3) is 0.462. The molecule has 0 bridgehead atoms. The molecule has 0 radical (unpaired) electrons. The number of hydrogen-bond donors (Lipinski definition) is 1. The molecule has 1 N–H and O–H groups in total. The Balaban J connectivity index is 2.77. The number of rotatable bonds is 5. The van der Waals surface area contributed by atoms with E-state index >= 15 is 0 Å². The Labute approximate surface area is 130 Å². The maximum Gasteiger partial charge on any atom is 0.251 e. The molecule has 0 aliphatic carbocycles. The van der Waals surface area contributed by atoms with Crippen LogP contribution in [0.4, 0.5) is 0 Å². The van der Waals surface area contributed by atoms with E-state index in [-0.39, 0.29) is 11.9 Å². The van der Waals surface area contributed by atoms with Crippen molar-refractivity contribution < 1.29 is 4.79 Å². The molecular formula is C13H16Br2ClNO. The van der Waals surface area contributed by atoms with Crippen LogP contribution in [0.2, 0.25) is 5.02 Å². The third-order valence-electron chi connectivity index (χ3n) is 2.72. The summed E-state index contributed by atoms with van der Waals surface area (Å²) >= 11 is 12.6. The summed E-state index contributed by atoms with van der Waals surface area (Å²) in [6.07, 6.45) is 0.915. The van der Waals surface area contributed by atoms with Crippen molar-refractivity contribution in [2.75, 3.05) is 5.33 Å². The summed E-state index contributed by atoms with van der Waals surface area (Å²) in [5.74, 6) is 0.342. The normalized spacial score (nSPS) is 12.6. The first-order valence-electron chi connectivity index (χ1n) is 5.77. The van der Waals surface area contributed by atoms with Crippen molar-refractivity contribution in [3.05, 3.63) is 33.3 Å².